The third-order valence-corrected chi connectivity index (χ3v) is 7.76. The zero-order valence-electron chi connectivity index (χ0n) is 19.5. The second-order valence-corrected chi connectivity index (χ2v) is 10.00. The minimum atomic E-state index is -0.431. The van der Waals surface area contributed by atoms with Crippen LogP contribution in [0.5, 0.6) is 0 Å². The van der Waals surface area contributed by atoms with Gasteiger partial charge in [0.15, 0.2) is 0 Å². The molecule has 7 heteroatoms. The third kappa shape index (κ3) is 4.44. The molecule has 1 unspecified atom stereocenters. The number of esters is 2. The van der Waals surface area contributed by atoms with Gasteiger partial charge in [-0.05, 0) is 40.5 Å². The first-order valence-electron chi connectivity index (χ1n) is 11.5. The molecule has 0 saturated carbocycles. The molecule has 0 saturated heterocycles. The van der Waals surface area contributed by atoms with Gasteiger partial charge in [-0.1, -0.05) is 48.5 Å². The molecule has 5 rings (SSSR count). The Morgan fingerprint density at radius 2 is 1.63 bits per heavy atom. The second-order valence-electron chi connectivity index (χ2n) is 8.66. The first-order valence-corrected chi connectivity index (χ1v) is 12.3. The number of hydrogen-bond donors (Lipinski definition) is 0. The minimum absolute atomic E-state index is 0.0210. The van der Waals surface area contributed by atoms with Crippen LogP contribution in [0, 0.1) is 0 Å². The van der Waals surface area contributed by atoms with E-state index < -0.39 is 5.97 Å². The maximum absolute atomic E-state index is 13.0. The summed E-state index contributed by atoms with van der Waals surface area (Å²) in [5.41, 5.74) is 5.71. The van der Waals surface area contributed by atoms with Gasteiger partial charge in [0.2, 0.25) is 5.91 Å². The molecule has 1 aliphatic heterocycles. The third-order valence-electron chi connectivity index (χ3n) is 6.51. The van der Waals surface area contributed by atoms with Crippen LogP contribution in [0.4, 0.5) is 5.69 Å². The molecule has 6 nitrogen and oxygen atoms in total. The molecule has 1 heterocycles. The molecule has 0 bridgehead atoms. The van der Waals surface area contributed by atoms with Crippen LogP contribution < -0.4 is 4.90 Å². The number of methoxy groups -OCH3 is 1. The number of carbonyl (C=O) groups is 3. The number of benzene rings is 3. The predicted molar refractivity (Wildman–Crippen MR) is 135 cm³/mol. The highest BCUT2D eigenvalue weighted by molar-refractivity contribution is 8.00. The van der Waals surface area contributed by atoms with Crippen molar-refractivity contribution in [1.82, 2.24) is 0 Å². The van der Waals surface area contributed by atoms with E-state index in [1.807, 2.05) is 30.3 Å². The van der Waals surface area contributed by atoms with Crippen molar-refractivity contribution in [1.29, 1.82) is 0 Å². The van der Waals surface area contributed by atoms with E-state index in [-0.39, 0.29) is 36.1 Å². The van der Waals surface area contributed by atoms with E-state index in [1.165, 1.54) is 36.9 Å². The summed E-state index contributed by atoms with van der Waals surface area (Å²) < 4.78 is 10.6. The monoisotopic (exact) mass is 487 g/mol. The Kier molecular flexibility index (Phi) is 6.34. The van der Waals surface area contributed by atoms with E-state index in [4.69, 9.17) is 9.47 Å². The van der Waals surface area contributed by atoms with Crippen LogP contribution in [0.25, 0.3) is 11.1 Å². The van der Waals surface area contributed by atoms with Crippen LogP contribution >= 0.6 is 11.8 Å². The number of ether oxygens (including phenoxy) is 2. The number of thioether (sulfide) groups is 1. The van der Waals surface area contributed by atoms with Crippen molar-refractivity contribution >= 4 is 35.3 Å². The molecule has 1 aliphatic carbocycles. The Morgan fingerprint density at radius 3 is 2.26 bits per heavy atom. The average Bonchev–Trinajstić information content (AvgIpc) is 3.20. The molecule has 3 aromatic carbocycles. The smallest absolute Gasteiger partial charge is 0.338 e. The van der Waals surface area contributed by atoms with Crippen LogP contribution in [-0.4, -0.2) is 43.4 Å². The normalized spacial score (nSPS) is 16.2. The van der Waals surface area contributed by atoms with Gasteiger partial charge in [0.25, 0.3) is 0 Å². The Morgan fingerprint density at radius 1 is 0.971 bits per heavy atom. The number of anilines is 1. The summed E-state index contributed by atoms with van der Waals surface area (Å²) >= 11 is 1.51. The number of hydrogen-bond acceptors (Lipinski definition) is 6. The van der Waals surface area contributed by atoms with E-state index in [0.717, 1.165) is 16.0 Å². The van der Waals surface area contributed by atoms with Gasteiger partial charge in [-0.15, -0.1) is 11.8 Å². The Hall–Kier alpha value is -3.58. The summed E-state index contributed by atoms with van der Waals surface area (Å²) in [5, 5.41) is -0.112. The highest BCUT2D eigenvalue weighted by Gasteiger charge is 2.31. The first-order chi connectivity index (χ1) is 17.0. The topological polar surface area (TPSA) is 72.9 Å². The second kappa shape index (κ2) is 9.58. The number of carbonyl (C=O) groups excluding carboxylic acids is 3. The average molecular weight is 488 g/mol. The van der Waals surface area contributed by atoms with Crippen LogP contribution in [-0.2, 0) is 19.1 Å². The molecule has 3 aromatic rings. The van der Waals surface area contributed by atoms with Crippen LogP contribution in [0.15, 0.2) is 71.6 Å². The number of rotatable bonds is 5. The van der Waals surface area contributed by atoms with E-state index in [0.29, 0.717) is 17.8 Å². The lowest BCUT2D eigenvalue weighted by molar-refractivity contribution is -0.140. The molecule has 0 spiro atoms. The van der Waals surface area contributed by atoms with Crippen LogP contribution in [0.3, 0.4) is 0 Å². The summed E-state index contributed by atoms with van der Waals surface area (Å²) in [6.07, 6.45) is 0.207. The predicted octanol–water partition coefficient (Wildman–Crippen LogP) is 5.05. The van der Waals surface area contributed by atoms with Gasteiger partial charge in [-0.25, -0.2) is 4.79 Å². The molecule has 35 heavy (non-hydrogen) atoms. The van der Waals surface area contributed by atoms with Gasteiger partial charge in [0.1, 0.15) is 6.61 Å². The highest BCUT2D eigenvalue weighted by Crippen LogP contribution is 2.45. The molecule has 2 aliphatic rings. The molecule has 0 aromatic heterocycles. The maximum Gasteiger partial charge on any atom is 0.338 e. The van der Waals surface area contributed by atoms with Crippen molar-refractivity contribution in [2.24, 2.45) is 0 Å². The minimum Gasteiger partial charge on any atom is -0.469 e. The maximum atomic E-state index is 13.0. The van der Waals surface area contributed by atoms with Gasteiger partial charge in [-0.3, -0.25) is 9.59 Å². The Bertz CT molecular complexity index is 1270. The van der Waals surface area contributed by atoms with Crippen molar-refractivity contribution in [3.8, 4) is 11.1 Å². The molecule has 178 valence electrons. The summed E-state index contributed by atoms with van der Waals surface area (Å²) in [4.78, 5) is 39.6. The summed E-state index contributed by atoms with van der Waals surface area (Å²) in [6.45, 7) is 2.08. The molecule has 1 atom stereocenters. The lowest BCUT2D eigenvalue weighted by Crippen LogP contribution is -2.39. The van der Waals surface area contributed by atoms with Gasteiger partial charge in [0.05, 0.1) is 24.8 Å². The SMILES string of the molecule is COC(=O)CC1CN(C(C)=O)c2cc(C(=O)OCC3c4ccccc4-c4ccccc43)ccc2S1. The van der Waals surface area contributed by atoms with Gasteiger partial charge in [0, 0.05) is 29.5 Å². The fourth-order valence-electron chi connectivity index (χ4n) is 4.83. The summed E-state index contributed by atoms with van der Waals surface area (Å²) in [5.74, 6) is -0.914. The van der Waals surface area contributed by atoms with Crippen molar-refractivity contribution in [3.63, 3.8) is 0 Å². The van der Waals surface area contributed by atoms with E-state index in [1.54, 1.807) is 17.0 Å². The molecule has 0 N–H and O–H groups in total. The highest BCUT2D eigenvalue weighted by atomic mass is 32.2. The molecule has 0 radical (unpaired) electrons. The van der Waals surface area contributed by atoms with E-state index in [2.05, 4.69) is 24.3 Å². The van der Waals surface area contributed by atoms with Crippen molar-refractivity contribution in [2.75, 3.05) is 25.2 Å². The first kappa shape index (κ1) is 23.2. The molecular weight excluding hydrogens is 462 g/mol. The van der Waals surface area contributed by atoms with E-state index >= 15 is 0 Å². The van der Waals surface area contributed by atoms with Crippen LogP contribution in [0.1, 0.15) is 40.7 Å². The van der Waals surface area contributed by atoms with Crippen molar-refractivity contribution < 1.29 is 23.9 Å². The van der Waals surface area contributed by atoms with Crippen molar-refractivity contribution in [2.45, 2.75) is 29.4 Å². The summed E-state index contributed by atoms with van der Waals surface area (Å²) in [6, 6.07) is 21.6. The zero-order valence-corrected chi connectivity index (χ0v) is 20.3. The molecular formula is C28H25NO5S. The van der Waals surface area contributed by atoms with Crippen molar-refractivity contribution in [3.05, 3.63) is 83.4 Å². The lowest BCUT2D eigenvalue weighted by atomic mass is 9.98. The van der Waals surface area contributed by atoms with Gasteiger partial charge in [-0.2, -0.15) is 0 Å². The lowest BCUT2D eigenvalue weighted by Gasteiger charge is -2.33. The zero-order chi connectivity index (χ0) is 24.5. The quantitative estimate of drug-likeness (QED) is 0.469. The molecule has 0 fully saturated rings. The fourth-order valence-corrected chi connectivity index (χ4v) is 6.07. The number of amides is 1. The van der Waals surface area contributed by atoms with Crippen LogP contribution in [0.2, 0.25) is 0 Å². The fraction of sp³-hybridized carbons (Fsp3) is 0.250. The van der Waals surface area contributed by atoms with Gasteiger partial charge >= 0.3 is 11.9 Å². The largest absolute Gasteiger partial charge is 0.469 e. The number of fused-ring (bicyclic) bond motifs is 4. The van der Waals surface area contributed by atoms with Gasteiger partial charge < -0.3 is 14.4 Å². The standard InChI is InChI=1S/C28H25NO5S/c1-17(30)29-15-19(14-27(31)33-2)35-26-12-11-18(13-25(26)29)28(32)34-16-24-22-9-5-3-7-20(22)21-8-4-6-10-23(21)24/h3-13,19,24H,14-16H2,1-2H3. The van der Waals surface area contributed by atoms with E-state index in [9.17, 15) is 14.4 Å². The Balaban J connectivity index is 1.35. The molecule has 1 amide bonds. The Labute approximate surface area is 208 Å². The summed E-state index contributed by atoms with van der Waals surface area (Å²) in [7, 11) is 1.35. The number of nitrogens with zero attached hydrogens (tertiary/aromatic N) is 1.